The lowest BCUT2D eigenvalue weighted by atomic mass is 10.1. The Balaban J connectivity index is 2.14. The number of rotatable bonds is 4. The van der Waals surface area contributed by atoms with Gasteiger partial charge in [0.25, 0.3) is 5.56 Å². The quantitative estimate of drug-likeness (QED) is 0.749. The fraction of sp³-hybridized carbons (Fsp3) is 0.211. The van der Waals surface area contributed by atoms with Crippen LogP contribution < -0.4 is 5.56 Å². The first kappa shape index (κ1) is 15.9. The van der Waals surface area contributed by atoms with E-state index in [1.54, 1.807) is 24.3 Å². The van der Waals surface area contributed by atoms with Crippen molar-refractivity contribution in [3.05, 3.63) is 70.3 Å². The van der Waals surface area contributed by atoms with Crippen LogP contribution in [-0.2, 0) is 6.54 Å². The average Bonchev–Trinajstić information content (AvgIpc) is 2.57. The van der Waals surface area contributed by atoms with Crippen LogP contribution in [0, 0.1) is 0 Å². The molecule has 0 aliphatic rings. The molecule has 5 nitrogen and oxygen atoms in total. The fourth-order valence-electron chi connectivity index (χ4n) is 2.68. The molecule has 0 amide bonds. The molecule has 0 spiro atoms. The van der Waals surface area contributed by atoms with Crippen LogP contribution in [0.5, 0.6) is 5.75 Å². The highest BCUT2D eigenvalue weighted by Crippen LogP contribution is 2.19. The Labute approximate surface area is 139 Å². The predicted molar refractivity (Wildman–Crippen MR) is 92.5 cm³/mol. The van der Waals surface area contributed by atoms with Crippen molar-refractivity contribution in [3.63, 3.8) is 0 Å². The minimum atomic E-state index is -0.270. The number of hydrogen-bond acceptors (Lipinski definition) is 4. The Hall–Kier alpha value is -2.95. The predicted octanol–water partition coefficient (Wildman–Crippen LogP) is 3.11. The maximum atomic E-state index is 12.8. The number of fused-ring (bicyclic) bond motifs is 1. The number of nitrogens with zero attached hydrogens (tertiary/aromatic N) is 2. The highest BCUT2D eigenvalue weighted by atomic mass is 16.3. The molecule has 1 aromatic heterocycles. The monoisotopic (exact) mass is 322 g/mol. The van der Waals surface area contributed by atoms with Crippen LogP contribution in [-0.4, -0.2) is 20.4 Å². The van der Waals surface area contributed by atoms with E-state index in [0.29, 0.717) is 22.3 Å². The first-order valence-electron chi connectivity index (χ1n) is 7.79. The van der Waals surface area contributed by atoms with Gasteiger partial charge >= 0.3 is 0 Å². The smallest absolute Gasteiger partial charge is 0.261 e. The number of aromatic hydroxyl groups is 1. The van der Waals surface area contributed by atoms with E-state index >= 15 is 0 Å². The van der Waals surface area contributed by atoms with E-state index in [4.69, 9.17) is 0 Å². The van der Waals surface area contributed by atoms with Gasteiger partial charge in [0.1, 0.15) is 11.6 Å². The number of carbonyl (C=O) groups excluding carboxylic acids is 1. The molecule has 0 saturated carbocycles. The van der Waals surface area contributed by atoms with E-state index in [-0.39, 0.29) is 29.6 Å². The number of phenolic OH excluding ortho intramolecular Hbond substituents is 1. The summed E-state index contributed by atoms with van der Waals surface area (Å²) < 4.78 is 1.43. The maximum Gasteiger partial charge on any atom is 0.261 e. The second-order valence-corrected chi connectivity index (χ2v) is 6.01. The minimum Gasteiger partial charge on any atom is -0.508 e. The van der Waals surface area contributed by atoms with E-state index in [1.807, 2.05) is 19.9 Å². The Morgan fingerprint density at radius 3 is 2.54 bits per heavy atom. The molecule has 5 heteroatoms. The van der Waals surface area contributed by atoms with E-state index in [2.05, 4.69) is 4.98 Å². The third kappa shape index (κ3) is 2.93. The van der Waals surface area contributed by atoms with Crippen molar-refractivity contribution in [2.24, 2.45) is 0 Å². The third-order valence-electron chi connectivity index (χ3n) is 3.88. The summed E-state index contributed by atoms with van der Waals surface area (Å²) in [6.45, 7) is 3.78. The number of aromatic nitrogens is 2. The molecule has 0 radical (unpaired) electrons. The molecule has 3 aromatic rings. The summed E-state index contributed by atoms with van der Waals surface area (Å²) in [5, 5.41) is 10.00. The zero-order valence-corrected chi connectivity index (χ0v) is 13.6. The second-order valence-electron chi connectivity index (χ2n) is 6.01. The van der Waals surface area contributed by atoms with Crippen LogP contribution in [0.4, 0.5) is 0 Å². The van der Waals surface area contributed by atoms with Gasteiger partial charge in [-0.3, -0.25) is 14.2 Å². The van der Waals surface area contributed by atoms with Crippen molar-refractivity contribution in [2.75, 3.05) is 0 Å². The molecule has 1 heterocycles. The zero-order valence-electron chi connectivity index (χ0n) is 13.6. The molecule has 0 saturated heterocycles. The van der Waals surface area contributed by atoms with Crippen molar-refractivity contribution in [2.45, 2.75) is 26.3 Å². The zero-order chi connectivity index (χ0) is 17.3. The molecule has 1 N–H and O–H groups in total. The second kappa shape index (κ2) is 6.28. The molecule has 0 aliphatic heterocycles. The van der Waals surface area contributed by atoms with Crippen LogP contribution in [0.15, 0.2) is 53.3 Å². The van der Waals surface area contributed by atoms with Gasteiger partial charge in [0.15, 0.2) is 5.78 Å². The summed E-state index contributed by atoms with van der Waals surface area (Å²) >= 11 is 0. The van der Waals surface area contributed by atoms with Crippen LogP contribution in [0.25, 0.3) is 10.9 Å². The van der Waals surface area contributed by atoms with Gasteiger partial charge in [0.05, 0.1) is 17.4 Å². The van der Waals surface area contributed by atoms with E-state index < -0.39 is 0 Å². The van der Waals surface area contributed by atoms with Crippen molar-refractivity contribution in [1.29, 1.82) is 0 Å². The molecule has 0 bridgehead atoms. The van der Waals surface area contributed by atoms with E-state index in [9.17, 15) is 14.7 Å². The SMILES string of the molecule is CC(C)c1nc2cc(O)ccc2c(=O)n1CC(=O)c1ccccc1. The third-order valence-corrected chi connectivity index (χ3v) is 3.88. The van der Waals surface area contributed by atoms with Crippen LogP contribution in [0.3, 0.4) is 0 Å². The first-order chi connectivity index (χ1) is 11.5. The average molecular weight is 322 g/mol. The van der Waals surface area contributed by atoms with Gasteiger partial charge < -0.3 is 5.11 Å². The van der Waals surface area contributed by atoms with Crippen LogP contribution in [0.2, 0.25) is 0 Å². The molecular weight excluding hydrogens is 304 g/mol. The lowest BCUT2D eigenvalue weighted by molar-refractivity contribution is 0.0969. The van der Waals surface area contributed by atoms with Crippen molar-refractivity contribution in [3.8, 4) is 5.75 Å². The number of carbonyl (C=O) groups is 1. The van der Waals surface area contributed by atoms with Gasteiger partial charge in [-0.15, -0.1) is 0 Å². The standard InChI is InChI=1S/C19H18N2O3/c1-12(2)18-20-16-10-14(22)8-9-15(16)19(24)21(18)11-17(23)13-6-4-3-5-7-13/h3-10,12,22H,11H2,1-2H3. The summed E-state index contributed by atoms with van der Waals surface area (Å²) in [4.78, 5) is 29.8. The van der Waals surface area contributed by atoms with Gasteiger partial charge in [-0.25, -0.2) is 4.98 Å². The normalized spacial score (nSPS) is 11.1. The Bertz CT molecular complexity index is 960. The number of hydrogen-bond donors (Lipinski definition) is 1. The summed E-state index contributed by atoms with van der Waals surface area (Å²) in [6.07, 6.45) is 0. The number of ketones is 1. The molecule has 0 fully saturated rings. The molecule has 122 valence electrons. The molecule has 24 heavy (non-hydrogen) atoms. The van der Waals surface area contributed by atoms with Crippen LogP contribution >= 0.6 is 0 Å². The summed E-state index contributed by atoms with van der Waals surface area (Å²) in [5.74, 6) is 0.414. The maximum absolute atomic E-state index is 12.8. The van der Waals surface area contributed by atoms with Gasteiger partial charge in [0.2, 0.25) is 0 Å². The van der Waals surface area contributed by atoms with Crippen molar-refractivity contribution >= 4 is 16.7 Å². The molecular formula is C19H18N2O3. The molecule has 0 atom stereocenters. The summed E-state index contributed by atoms with van der Waals surface area (Å²) in [5.41, 5.74) is 0.727. The molecule has 2 aromatic carbocycles. The van der Waals surface area contributed by atoms with Crippen molar-refractivity contribution < 1.29 is 9.90 Å². The van der Waals surface area contributed by atoms with Crippen molar-refractivity contribution in [1.82, 2.24) is 9.55 Å². The largest absolute Gasteiger partial charge is 0.508 e. The minimum absolute atomic E-state index is 0.0342. The van der Waals surface area contributed by atoms with E-state index in [0.717, 1.165) is 0 Å². The lowest BCUT2D eigenvalue weighted by Gasteiger charge is -2.15. The van der Waals surface area contributed by atoms with Gasteiger partial charge in [-0.2, -0.15) is 0 Å². The number of phenols is 1. The molecule has 0 unspecified atom stereocenters. The Kier molecular flexibility index (Phi) is 4.16. The summed E-state index contributed by atoms with van der Waals surface area (Å²) in [7, 11) is 0. The highest BCUT2D eigenvalue weighted by Gasteiger charge is 2.17. The fourth-order valence-corrected chi connectivity index (χ4v) is 2.68. The highest BCUT2D eigenvalue weighted by molar-refractivity contribution is 5.96. The van der Waals surface area contributed by atoms with Crippen LogP contribution in [0.1, 0.15) is 35.9 Å². The number of benzene rings is 2. The summed E-state index contributed by atoms with van der Waals surface area (Å²) in [6, 6.07) is 13.3. The molecule has 0 aliphatic carbocycles. The topological polar surface area (TPSA) is 72.2 Å². The number of Topliss-reactive ketones (excluding diaryl/α,β-unsaturated/α-hetero) is 1. The Morgan fingerprint density at radius 1 is 1.17 bits per heavy atom. The van der Waals surface area contributed by atoms with Gasteiger partial charge in [-0.05, 0) is 12.1 Å². The lowest BCUT2D eigenvalue weighted by Crippen LogP contribution is -2.29. The van der Waals surface area contributed by atoms with E-state index in [1.165, 1.54) is 22.8 Å². The van der Waals surface area contributed by atoms with Gasteiger partial charge in [-0.1, -0.05) is 44.2 Å². The molecule has 3 rings (SSSR count). The Morgan fingerprint density at radius 2 is 1.88 bits per heavy atom. The first-order valence-corrected chi connectivity index (χ1v) is 7.79. The van der Waals surface area contributed by atoms with Gasteiger partial charge in [0, 0.05) is 17.5 Å².